The molecule has 2 heterocycles. The molecule has 0 aromatic carbocycles. The van der Waals surface area contributed by atoms with Gasteiger partial charge in [0.1, 0.15) is 12.6 Å². The minimum absolute atomic E-state index is 0.00613. The monoisotopic (exact) mass is 321 g/mol. The summed E-state index contributed by atoms with van der Waals surface area (Å²) in [4.78, 5) is 24.1. The summed E-state index contributed by atoms with van der Waals surface area (Å²) in [6.07, 6.45) is -4.24. The zero-order valence-electron chi connectivity index (χ0n) is 10.9. The van der Waals surface area contributed by atoms with Gasteiger partial charge in [-0.15, -0.1) is 0 Å². The van der Waals surface area contributed by atoms with Gasteiger partial charge in [-0.1, -0.05) is 0 Å². The summed E-state index contributed by atoms with van der Waals surface area (Å²) in [7, 11) is 0. The van der Waals surface area contributed by atoms with Crippen molar-refractivity contribution in [1.29, 1.82) is 0 Å². The lowest BCUT2D eigenvalue weighted by Crippen LogP contribution is -2.47. The van der Waals surface area contributed by atoms with E-state index in [2.05, 4.69) is 10.6 Å². The average molecular weight is 321 g/mol. The summed E-state index contributed by atoms with van der Waals surface area (Å²) in [5.74, 6) is -0.696. The molecule has 1 saturated heterocycles. The molecule has 1 aliphatic heterocycles. The number of thiophene rings is 1. The highest BCUT2D eigenvalue weighted by Gasteiger charge is 2.39. The van der Waals surface area contributed by atoms with E-state index in [4.69, 9.17) is 0 Å². The minimum Gasteiger partial charge on any atom is -0.334 e. The fraction of sp³-hybridized carbons (Fsp3) is 0.500. The van der Waals surface area contributed by atoms with Crippen LogP contribution in [0.25, 0.3) is 0 Å². The van der Waals surface area contributed by atoms with Gasteiger partial charge in [0.25, 0.3) is 0 Å². The molecule has 0 spiro atoms. The number of carbonyl (C=O) groups is 2. The van der Waals surface area contributed by atoms with Gasteiger partial charge in [0.15, 0.2) is 0 Å². The standard InChI is InChI=1S/C12H14F3N3O2S/c13-12(14,15)7-18-3-1-9(10(18)19)17-11(20)16-5-8-2-4-21-6-8/h2,4,6,9H,1,3,5,7H2,(H2,16,17,20). The molecule has 9 heteroatoms. The lowest BCUT2D eigenvalue weighted by molar-refractivity contribution is -0.157. The molecule has 1 aromatic rings. The SMILES string of the molecule is O=C(NCc1ccsc1)NC1CCN(CC(F)(F)F)C1=O. The zero-order valence-corrected chi connectivity index (χ0v) is 11.8. The van der Waals surface area contributed by atoms with Crippen molar-refractivity contribution >= 4 is 23.3 Å². The second kappa shape index (κ2) is 6.33. The highest BCUT2D eigenvalue weighted by molar-refractivity contribution is 7.07. The van der Waals surface area contributed by atoms with Gasteiger partial charge in [-0.25, -0.2) is 4.79 Å². The Balaban J connectivity index is 1.78. The lowest BCUT2D eigenvalue weighted by atomic mass is 10.2. The summed E-state index contributed by atoms with van der Waals surface area (Å²) < 4.78 is 36.8. The molecular formula is C12H14F3N3O2S. The van der Waals surface area contributed by atoms with Crippen molar-refractivity contribution in [3.8, 4) is 0 Å². The zero-order chi connectivity index (χ0) is 15.5. The largest absolute Gasteiger partial charge is 0.406 e. The first kappa shape index (κ1) is 15.6. The topological polar surface area (TPSA) is 61.4 Å². The van der Waals surface area contributed by atoms with Crippen LogP contribution < -0.4 is 10.6 Å². The molecule has 1 aliphatic rings. The van der Waals surface area contributed by atoms with Crippen molar-refractivity contribution in [2.75, 3.05) is 13.1 Å². The normalized spacial score (nSPS) is 18.9. The number of hydrogen-bond donors (Lipinski definition) is 2. The predicted octanol–water partition coefficient (Wildman–Crippen LogP) is 1.71. The van der Waals surface area contributed by atoms with E-state index in [1.54, 1.807) is 0 Å². The van der Waals surface area contributed by atoms with Crippen molar-refractivity contribution in [2.45, 2.75) is 25.2 Å². The smallest absolute Gasteiger partial charge is 0.334 e. The van der Waals surface area contributed by atoms with Crippen LogP contribution in [-0.2, 0) is 11.3 Å². The molecule has 3 amide bonds. The molecule has 0 aliphatic carbocycles. The third-order valence-corrected chi connectivity index (χ3v) is 3.74. The number of urea groups is 1. The van der Waals surface area contributed by atoms with Gasteiger partial charge in [0, 0.05) is 13.1 Å². The Hall–Kier alpha value is -1.77. The summed E-state index contributed by atoms with van der Waals surface area (Å²) >= 11 is 1.49. The number of amides is 3. The number of rotatable bonds is 4. The Morgan fingerprint density at radius 1 is 1.48 bits per heavy atom. The van der Waals surface area contributed by atoms with Crippen LogP contribution in [0.1, 0.15) is 12.0 Å². The molecule has 2 rings (SSSR count). The Morgan fingerprint density at radius 3 is 2.86 bits per heavy atom. The van der Waals surface area contributed by atoms with E-state index in [1.165, 1.54) is 11.3 Å². The van der Waals surface area contributed by atoms with E-state index in [0.29, 0.717) is 11.4 Å². The number of nitrogens with one attached hydrogen (secondary N) is 2. The summed E-state index contributed by atoms with van der Waals surface area (Å²) in [6.45, 7) is -0.975. The first-order valence-electron chi connectivity index (χ1n) is 6.26. The fourth-order valence-corrected chi connectivity index (χ4v) is 2.70. The van der Waals surface area contributed by atoms with Crippen LogP contribution in [0.15, 0.2) is 16.8 Å². The molecule has 5 nitrogen and oxygen atoms in total. The second-order valence-corrected chi connectivity index (χ2v) is 5.45. The fourth-order valence-electron chi connectivity index (χ4n) is 2.03. The molecule has 0 saturated carbocycles. The van der Waals surface area contributed by atoms with Crippen LogP contribution in [0, 0.1) is 0 Å². The van der Waals surface area contributed by atoms with Gasteiger partial charge >= 0.3 is 12.2 Å². The van der Waals surface area contributed by atoms with Crippen molar-refractivity contribution < 1.29 is 22.8 Å². The van der Waals surface area contributed by atoms with Gasteiger partial charge in [0.2, 0.25) is 5.91 Å². The number of alkyl halides is 3. The van der Waals surface area contributed by atoms with Gasteiger partial charge in [-0.2, -0.15) is 24.5 Å². The third-order valence-electron chi connectivity index (χ3n) is 3.01. The molecule has 0 bridgehead atoms. The number of halogens is 3. The van der Waals surface area contributed by atoms with Gasteiger partial charge < -0.3 is 15.5 Å². The number of nitrogens with zero attached hydrogens (tertiary/aromatic N) is 1. The van der Waals surface area contributed by atoms with Crippen LogP contribution in [-0.4, -0.2) is 42.1 Å². The molecule has 2 N–H and O–H groups in total. The van der Waals surface area contributed by atoms with E-state index >= 15 is 0 Å². The molecule has 1 unspecified atom stereocenters. The number of hydrogen-bond acceptors (Lipinski definition) is 3. The van der Waals surface area contributed by atoms with Gasteiger partial charge in [0.05, 0.1) is 0 Å². The van der Waals surface area contributed by atoms with E-state index in [9.17, 15) is 22.8 Å². The average Bonchev–Trinajstić information content (AvgIpc) is 3.00. The van der Waals surface area contributed by atoms with E-state index in [1.807, 2.05) is 16.8 Å². The summed E-state index contributed by atoms with van der Waals surface area (Å²) in [5, 5.41) is 8.69. The van der Waals surface area contributed by atoms with Crippen molar-refractivity contribution in [1.82, 2.24) is 15.5 Å². The van der Waals surface area contributed by atoms with Crippen LogP contribution in [0.3, 0.4) is 0 Å². The first-order valence-corrected chi connectivity index (χ1v) is 7.20. The third kappa shape index (κ3) is 4.62. The highest BCUT2D eigenvalue weighted by Crippen LogP contribution is 2.20. The number of carbonyl (C=O) groups excluding carboxylic acids is 2. The Bertz CT molecular complexity index is 504. The van der Waals surface area contributed by atoms with Gasteiger partial charge in [-0.3, -0.25) is 4.79 Å². The summed E-state index contributed by atoms with van der Waals surface area (Å²) in [6, 6.07) is 0.389. The second-order valence-electron chi connectivity index (χ2n) is 4.67. The Morgan fingerprint density at radius 2 is 2.24 bits per heavy atom. The molecule has 1 atom stereocenters. The van der Waals surface area contributed by atoms with E-state index in [0.717, 1.165) is 5.56 Å². The van der Waals surface area contributed by atoms with Crippen molar-refractivity contribution in [3.05, 3.63) is 22.4 Å². The maximum Gasteiger partial charge on any atom is 0.406 e. The van der Waals surface area contributed by atoms with Gasteiger partial charge in [-0.05, 0) is 28.8 Å². The van der Waals surface area contributed by atoms with Crippen molar-refractivity contribution in [3.63, 3.8) is 0 Å². The Kier molecular flexibility index (Phi) is 4.71. The molecule has 21 heavy (non-hydrogen) atoms. The summed E-state index contributed by atoms with van der Waals surface area (Å²) in [5.41, 5.74) is 0.923. The molecule has 1 aromatic heterocycles. The quantitative estimate of drug-likeness (QED) is 0.887. The number of likely N-dealkylation sites (tertiary alicyclic amines) is 1. The van der Waals surface area contributed by atoms with Crippen molar-refractivity contribution in [2.24, 2.45) is 0 Å². The molecule has 1 fully saturated rings. The van der Waals surface area contributed by atoms with Crippen LogP contribution in [0.4, 0.5) is 18.0 Å². The maximum absolute atomic E-state index is 12.3. The highest BCUT2D eigenvalue weighted by atomic mass is 32.1. The molecular weight excluding hydrogens is 307 g/mol. The van der Waals surface area contributed by atoms with Crippen LogP contribution in [0.2, 0.25) is 0 Å². The molecule has 0 radical (unpaired) electrons. The van der Waals surface area contributed by atoms with Crippen LogP contribution >= 0.6 is 11.3 Å². The van der Waals surface area contributed by atoms with E-state index in [-0.39, 0.29) is 13.0 Å². The molecule has 116 valence electrons. The van der Waals surface area contributed by atoms with Crippen LogP contribution in [0.5, 0.6) is 0 Å². The Labute approximate surface area is 123 Å². The predicted molar refractivity (Wildman–Crippen MR) is 70.7 cm³/mol. The van der Waals surface area contributed by atoms with E-state index < -0.39 is 30.7 Å². The minimum atomic E-state index is -4.42. The lowest BCUT2D eigenvalue weighted by Gasteiger charge is -2.18. The maximum atomic E-state index is 12.3. The first-order chi connectivity index (χ1) is 9.85.